The molecule has 1 N–H and O–H groups in total. The fourth-order valence-corrected chi connectivity index (χ4v) is 3.70. The van der Waals surface area contributed by atoms with Crippen LogP contribution in [-0.4, -0.2) is 42.4 Å². The number of carbonyl (C=O) groups excluding carboxylic acids is 3. The van der Waals surface area contributed by atoms with E-state index in [-0.39, 0.29) is 30.1 Å². The van der Waals surface area contributed by atoms with E-state index in [1.165, 1.54) is 7.11 Å². The van der Waals surface area contributed by atoms with Gasteiger partial charge in [0.15, 0.2) is 0 Å². The van der Waals surface area contributed by atoms with Crippen LogP contribution in [0.25, 0.3) is 0 Å². The molecule has 1 aromatic rings. The number of nitrogens with zero attached hydrogens (tertiary/aromatic N) is 1. The molecule has 1 aromatic carbocycles. The number of anilines is 1. The monoisotopic (exact) mass is 344 g/mol. The predicted molar refractivity (Wildman–Crippen MR) is 92.9 cm³/mol. The topological polar surface area (TPSA) is 75.7 Å². The summed E-state index contributed by atoms with van der Waals surface area (Å²) in [6.45, 7) is 0.582. The van der Waals surface area contributed by atoms with Crippen molar-refractivity contribution in [3.05, 3.63) is 29.8 Å². The van der Waals surface area contributed by atoms with Gasteiger partial charge in [-0.15, -0.1) is 0 Å². The molecule has 25 heavy (non-hydrogen) atoms. The van der Waals surface area contributed by atoms with Crippen molar-refractivity contribution >= 4 is 23.5 Å². The third-order valence-electron chi connectivity index (χ3n) is 5.12. The lowest BCUT2D eigenvalue weighted by Gasteiger charge is -2.34. The lowest BCUT2D eigenvalue weighted by atomic mass is 9.89. The molecule has 0 radical (unpaired) electrons. The molecule has 0 saturated carbocycles. The summed E-state index contributed by atoms with van der Waals surface area (Å²) in [5.74, 6) is -0.658. The van der Waals surface area contributed by atoms with Gasteiger partial charge in [-0.05, 0) is 43.7 Å². The molecule has 0 aliphatic carbocycles. The van der Waals surface area contributed by atoms with E-state index in [2.05, 4.69) is 5.32 Å². The molecule has 2 unspecified atom stereocenters. The summed E-state index contributed by atoms with van der Waals surface area (Å²) in [6.07, 6.45) is 3.88. The molecule has 6 heteroatoms. The molecule has 0 bridgehead atoms. The fourth-order valence-electron chi connectivity index (χ4n) is 3.70. The number of amides is 2. The van der Waals surface area contributed by atoms with Crippen LogP contribution in [0.1, 0.15) is 37.7 Å². The number of hydrogen-bond acceptors (Lipinski definition) is 4. The van der Waals surface area contributed by atoms with E-state index in [4.69, 9.17) is 4.74 Å². The fraction of sp³-hybridized carbons (Fsp3) is 0.526. The first kappa shape index (κ1) is 17.5. The first-order valence-electron chi connectivity index (χ1n) is 8.86. The highest BCUT2D eigenvalue weighted by Crippen LogP contribution is 2.28. The average Bonchev–Trinajstić information content (AvgIpc) is 2.65. The van der Waals surface area contributed by atoms with Gasteiger partial charge in [0.1, 0.15) is 6.04 Å². The van der Waals surface area contributed by atoms with E-state index in [0.29, 0.717) is 25.8 Å². The number of ether oxygens (including phenoxy) is 1. The Hall–Kier alpha value is -2.37. The number of esters is 1. The maximum Gasteiger partial charge on any atom is 0.328 e. The van der Waals surface area contributed by atoms with Crippen molar-refractivity contribution in [3.8, 4) is 0 Å². The molecule has 2 atom stereocenters. The Bertz CT molecular complexity index is 673. The second-order valence-corrected chi connectivity index (χ2v) is 6.71. The summed E-state index contributed by atoms with van der Waals surface area (Å²) in [5.41, 5.74) is 1.96. The predicted octanol–water partition coefficient (Wildman–Crippen LogP) is 2.13. The molecule has 1 fully saturated rings. The van der Waals surface area contributed by atoms with E-state index in [1.54, 1.807) is 4.90 Å². The van der Waals surface area contributed by atoms with Crippen molar-refractivity contribution in [2.45, 2.75) is 44.6 Å². The Labute approximate surface area is 147 Å². The van der Waals surface area contributed by atoms with Crippen molar-refractivity contribution in [1.82, 2.24) is 4.90 Å². The Balaban J connectivity index is 1.60. The number of nitrogens with one attached hydrogen (secondary N) is 1. The van der Waals surface area contributed by atoms with E-state index >= 15 is 0 Å². The van der Waals surface area contributed by atoms with E-state index < -0.39 is 6.04 Å². The Morgan fingerprint density at radius 3 is 2.88 bits per heavy atom. The van der Waals surface area contributed by atoms with Crippen molar-refractivity contribution in [1.29, 1.82) is 0 Å². The molecule has 0 spiro atoms. The molecule has 2 aliphatic rings. The molecular formula is C19H24N2O4. The van der Waals surface area contributed by atoms with Crippen LogP contribution in [-0.2, 0) is 25.5 Å². The van der Waals surface area contributed by atoms with Crippen molar-refractivity contribution < 1.29 is 19.1 Å². The third kappa shape index (κ3) is 3.83. The van der Waals surface area contributed by atoms with Crippen LogP contribution in [0.15, 0.2) is 24.3 Å². The number of methoxy groups -OCH3 is 1. The summed E-state index contributed by atoms with van der Waals surface area (Å²) < 4.78 is 4.82. The van der Waals surface area contributed by atoms with Gasteiger partial charge in [-0.3, -0.25) is 9.59 Å². The molecule has 2 aliphatic heterocycles. The minimum Gasteiger partial charge on any atom is -0.467 e. The molecule has 2 heterocycles. The minimum atomic E-state index is -0.479. The number of benzene rings is 1. The van der Waals surface area contributed by atoms with Gasteiger partial charge in [-0.1, -0.05) is 18.2 Å². The number of para-hydroxylation sites is 1. The normalized spacial score (nSPS) is 22.8. The third-order valence-corrected chi connectivity index (χ3v) is 5.12. The lowest BCUT2D eigenvalue weighted by molar-refractivity contribution is -0.154. The van der Waals surface area contributed by atoms with Gasteiger partial charge in [0, 0.05) is 24.6 Å². The highest BCUT2D eigenvalue weighted by Gasteiger charge is 2.33. The highest BCUT2D eigenvalue weighted by molar-refractivity contribution is 5.96. The van der Waals surface area contributed by atoms with Crippen LogP contribution in [0.5, 0.6) is 0 Å². The number of rotatable bonds is 4. The van der Waals surface area contributed by atoms with Crippen LogP contribution < -0.4 is 5.32 Å². The number of likely N-dealkylation sites (tertiary alicyclic amines) is 1. The second kappa shape index (κ2) is 7.68. The van der Waals surface area contributed by atoms with Gasteiger partial charge < -0.3 is 15.0 Å². The van der Waals surface area contributed by atoms with Crippen LogP contribution in [0.2, 0.25) is 0 Å². The lowest BCUT2D eigenvalue weighted by Crippen LogP contribution is -2.48. The molecule has 6 nitrogen and oxygen atoms in total. The number of carbonyl (C=O) groups is 3. The van der Waals surface area contributed by atoms with E-state index in [1.807, 2.05) is 24.3 Å². The molecule has 3 rings (SSSR count). The number of piperidine rings is 1. The Morgan fingerprint density at radius 2 is 2.08 bits per heavy atom. The van der Waals surface area contributed by atoms with Crippen LogP contribution >= 0.6 is 0 Å². The van der Waals surface area contributed by atoms with Crippen LogP contribution in [0.4, 0.5) is 5.69 Å². The first-order chi connectivity index (χ1) is 12.1. The summed E-state index contributed by atoms with van der Waals surface area (Å²) in [5, 5.41) is 2.91. The van der Waals surface area contributed by atoms with E-state index in [9.17, 15) is 14.4 Å². The molecule has 0 aromatic heterocycles. The standard InChI is InChI=1S/C19H24N2O4/c1-25-19(24)16-8-4-5-11-21(16)17(22)10-9-14-12-13-6-2-3-7-15(13)20-18(14)23/h2-3,6-7,14,16H,4-5,8-12H2,1H3,(H,20,23). The second-order valence-electron chi connectivity index (χ2n) is 6.71. The SMILES string of the molecule is COC(=O)C1CCCCN1C(=O)CCC1Cc2ccccc2NC1=O. The van der Waals surface area contributed by atoms with Gasteiger partial charge in [-0.25, -0.2) is 4.79 Å². The summed E-state index contributed by atoms with van der Waals surface area (Å²) in [6, 6.07) is 7.26. The summed E-state index contributed by atoms with van der Waals surface area (Å²) >= 11 is 0. The van der Waals surface area contributed by atoms with Gasteiger partial charge in [0.05, 0.1) is 7.11 Å². The molecule has 1 saturated heterocycles. The Morgan fingerprint density at radius 1 is 1.28 bits per heavy atom. The molecular weight excluding hydrogens is 320 g/mol. The smallest absolute Gasteiger partial charge is 0.328 e. The molecule has 134 valence electrons. The number of fused-ring (bicyclic) bond motifs is 1. The van der Waals surface area contributed by atoms with Gasteiger partial charge in [0.25, 0.3) is 0 Å². The van der Waals surface area contributed by atoms with Crippen LogP contribution in [0, 0.1) is 5.92 Å². The largest absolute Gasteiger partial charge is 0.467 e. The zero-order valence-electron chi connectivity index (χ0n) is 14.5. The van der Waals surface area contributed by atoms with Crippen molar-refractivity contribution in [2.24, 2.45) is 5.92 Å². The summed E-state index contributed by atoms with van der Waals surface area (Å²) in [4.78, 5) is 38.4. The highest BCUT2D eigenvalue weighted by atomic mass is 16.5. The average molecular weight is 344 g/mol. The quantitative estimate of drug-likeness (QED) is 0.849. The first-order valence-corrected chi connectivity index (χ1v) is 8.86. The maximum atomic E-state index is 12.6. The maximum absolute atomic E-state index is 12.6. The molecule has 2 amide bonds. The van der Waals surface area contributed by atoms with Crippen molar-refractivity contribution in [3.63, 3.8) is 0 Å². The van der Waals surface area contributed by atoms with Gasteiger partial charge in [-0.2, -0.15) is 0 Å². The Kier molecular flexibility index (Phi) is 5.36. The van der Waals surface area contributed by atoms with Gasteiger partial charge >= 0.3 is 5.97 Å². The summed E-state index contributed by atoms with van der Waals surface area (Å²) in [7, 11) is 1.35. The van der Waals surface area contributed by atoms with E-state index in [0.717, 1.165) is 24.1 Å². The minimum absolute atomic E-state index is 0.0327. The number of hydrogen-bond donors (Lipinski definition) is 1. The van der Waals surface area contributed by atoms with Crippen molar-refractivity contribution in [2.75, 3.05) is 19.0 Å². The van der Waals surface area contributed by atoms with Crippen LogP contribution in [0.3, 0.4) is 0 Å². The van der Waals surface area contributed by atoms with Gasteiger partial charge in [0.2, 0.25) is 11.8 Å². The zero-order chi connectivity index (χ0) is 17.8. The zero-order valence-corrected chi connectivity index (χ0v) is 14.5.